The highest BCUT2D eigenvalue weighted by atomic mass is 35.5. The molecule has 0 saturated carbocycles. The van der Waals surface area contributed by atoms with Crippen LogP contribution in [-0.4, -0.2) is 16.1 Å². The molecule has 1 aromatic heterocycles. The molecule has 1 heterocycles. The number of rotatable bonds is 3. The zero-order valence-corrected chi connectivity index (χ0v) is 14.0. The van der Waals surface area contributed by atoms with Crippen molar-refractivity contribution in [2.45, 2.75) is 20.8 Å². The van der Waals surface area contributed by atoms with Crippen LogP contribution in [-0.2, 0) is 4.79 Å². The van der Waals surface area contributed by atoms with Crippen LogP contribution in [0.15, 0.2) is 30.3 Å². The van der Waals surface area contributed by atoms with Gasteiger partial charge < -0.3 is 10.6 Å². The Balaban J connectivity index is 2.07. The molecule has 0 bridgehead atoms. The molecule has 2 rings (SSSR count). The van der Waals surface area contributed by atoms with E-state index in [1.165, 1.54) is 0 Å². The van der Waals surface area contributed by atoms with Gasteiger partial charge in [0.15, 0.2) is 11.6 Å². The van der Waals surface area contributed by atoms with Crippen LogP contribution >= 0.6 is 23.2 Å². The number of benzene rings is 1. The van der Waals surface area contributed by atoms with E-state index >= 15 is 0 Å². The van der Waals surface area contributed by atoms with Crippen LogP contribution in [0.1, 0.15) is 20.8 Å². The van der Waals surface area contributed by atoms with Gasteiger partial charge in [0.1, 0.15) is 0 Å². The number of carbonyl (C=O) groups excluding carboxylic acids is 1. The van der Waals surface area contributed by atoms with Gasteiger partial charge in [-0.25, -0.2) is 0 Å². The standard InChI is InChI=1S/C15H16Cl2N4O/c1-15(2,3)14(22)19-13-5-4-12(20-21-13)18-11-7-9(16)6-10(17)8-11/h4-8H,1-3H3,(H,18,20)(H,19,21,22). The second-order valence-electron chi connectivity index (χ2n) is 5.79. The molecular formula is C15H16Cl2N4O. The highest BCUT2D eigenvalue weighted by molar-refractivity contribution is 6.35. The number of aromatic nitrogens is 2. The van der Waals surface area contributed by atoms with E-state index in [1.807, 2.05) is 20.8 Å². The van der Waals surface area contributed by atoms with Crippen LogP contribution in [0.5, 0.6) is 0 Å². The predicted octanol–water partition coefficient (Wildman–Crippen LogP) is 4.51. The third kappa shape index (κ3) is 4.58. The number of halogens is 2. The summed E-state index contributed by atoms with van der Waals surface area (Å²) < 4.78 is 0. The van der Waals surface area contributed by atoms with Crippen molar-refractivity contribution in [1.29, 1.82) is 0 Å². The summed E-state index contributed by atoms with van der Waals surface area (Å²) in [6.07, 6.45) is 0. The lowest BCUT2D eigenvalue weighted by molar-refractivity contribution is -0.123. The van der Waals surface area contributed by atoms with Crippen molar-refractivity contribution in [3.05, 3.63) is 40.4 Å². The third-order valence-electron chi connectivity index (χ3n) is 2.72. The lowest BCUT2D eigenvalue weighted by Crippen LogP contribution is -2.28. The van der Waals surface area contributed by atoms with Crippen LogP contribution in [0.25, 0.3) is 0 Å². The van der Waals surface area contributed by atoms with Crippen molar-refractivity contribution < 1.29 is 4.79 Å². The lowest BCUT2D eigenvalue weighted by atomic mass is 9.96. The fourth-order valence-electron chi connectivity index (χ4n) is 1.54. The van der Waals surface area contributed by atoms with Gasteiger partial charge in [-0.2, -0.15) is 0 Å². The summed E-state index contributed by atoms with van der Waals surface area (Å²) in [5, 5.41) is 14.8. The normalized spacial score (nSPS) is 11.1. The van der Waals surface area contributed by atoms with Gasteiger partial charge in [-0.05, 0) is 30.3 Å². The van der Waals surface area contributed by atoms with Crippen LogP contribution < -0.4 is 10.6 Å². The van der Waals surface area contributed by atoms with Crippen molar-refractivity contribution in [3.63, 3.8) is 0 Å². The minimum absolute atomic E-state index is 0.121. The number of hydrogen-bond acceptors (Lipinski definition) is 4. The third-order valence-corrected chi connectivity index (χ3v) is 3.16. The Bertz CT molecular complexity index is 661. The Morgan fingerprint density at radius 1 is 1.00 bits per heavy atom. The predicted molar refractivity (Wildman–Crippen MR) is 89.9 cm³/mol. The quantitative estimate of drug-likeness (QED) is 0.863. The first-order chi connectivity index (χ1) is 10.2. The molecule has 5 nitrogen and oxygen atoms in total. The van der Waals surface area contributed by atoms with Gasteiger partial charge >= 0.3 is 0 Å². The second kappa shape index (κ2) is 6.50. The molecule has 0 unspecified atom stereocenters. The van der Waals surface area contributed by atoms with Crippen molar-refractivity contribution in [2.24, 2.45) is 5.41 Å². The SMILES string of the molecule is CC(C)(C)C(=O)Nc1ccc(Nc2cc(Cl)cc(Cl)c2)nn1. The number of hydrogen-bond donors (Lipinski definition) is 2. The van der Waals surface area contributed by atoms with E-state index < -0.39 is 5.41 Å². The molecule has 1 amide bonds. The molecule has 0 spiro atoms. The Morgan fingerprint density at radius 2 is 1.55 bits per heavy atom. The van der Waals surface area contributed by atoms with Gasteiger partial charge in [0.2, 0.25) is 5.91 Å². The van der Waals surface area contributed by atoms with E-state index in [0.717, 1.165) is 0 Å². The van der Waals surface area contributed by atoms with E-state index in [1.54, 1.807) is 30.3 Å². The van der Waals surface area contributed by atoms with Gasteiger partial charge in [0, 0.05) is 21.1 Å². The van der Waals surface area contributed by atoms with Crippen molar-refractivity contribution in [3.8, 4) is 0 Å². The average molecular weight is 339 g/mol. The summed E-state index contributed by atoms with van der Waals surface area (Å²) in [4.78, 5) is 11.9. The fourth-order valence-corrected chi connectivity index (χ4v) is 2.07. The number of anilines is 3. The van der Waals surface area contributed by atoms with E-state index in [9.17, 15) is 4.79 Å². The maximum atomic E-state index is 11.9. The summed E-state index contributed by atoms with van der Waals surface area (Å²) in [5.74, 6) is 0.797. The van der Waals surface area contributed by atoms with Gasteiger partial charge in [0.25, 0.3) is 0 Å². The van der Waals surface area contributed by atoms with Crippen LogP contribution in [0, 0.1) is 5.41 Å². The molecule has 0 aliphatic carbocycles. The molecule has 0 atom stereocenters. The highest BCUT2D eigenvalue weighted by Gasteiger charge is 2.21. The van der Waals surface area contributed by atoms with E-state index in [0.29, 0.717) is 27.4 Å². The highest BCUT2D eigenvalue weighted by Crippen LogP contribution is 2.24. The maximum absolute atomic E-state index is 11.9. The van der Waals surface area contributed by atoms with Crippen molar-refractivity contribution in [2.75, 3.05) is 10.6 Å². The van der Waals surface area contributed by atoms with Gasteiger partial charge in [-0.3, -0.25) is 4.79 Å². The topological polar surface area (TPSA) is 66.9 Å². The molecule has 0 fully saturated rings. The molecule has 0 saturated heterocycles. The van der Waals surface area contributed by atoms with Crippen LogP contribution in [0.2, 0.25) is 10.0 Å². The number of carbonyl (C=O) groups is 1. The summed E-state index contributed by atoms with van der Waals surface area (Å²) in [6.45, 7) is 5.48. The van der Waals surface area contributed by atoms with E-state index in [2.05, 4.69) is 20.8 Å². The Kier molecular flexibility index (Phi) is 4.88. The summed E-state index contributed by atoms with van der Waals surface area (Å²) in [6, 6.07) is 8.48. The molecule has 0 aliphatic rings. The molecule has 0 aliphatic heterocycles. The van der Waals surface area contributed by atoms with Gasteiger partial charge in [0.05, 0.1) is 0 Å². The van der Waals surface area contributed by atoms with Crippen molar-refractivity contribution in [1.82, 2.24) is 10.2 Å². The monoisotopic (exact) mass is 338 g/mol. The summed E-state index contributed by atoms with van der Waals surface area (Å²) in [5.41, 5.74) is 0.217. The lowest BCUT2D eigenvalue weighted by Gasteiger charge is -2.16. The average Bonchev–Trinajstić information content (AvgIpc) is 2.38. The molecule has 7 heteroatoms. The van der Waals surface area contributed by atoms with Gasteiger partial charge in [-0.15, -0.1) is 10.2 Å². The Morgan fingerprint density at radius 3 is 2.05 bits per heavy atom. The largest absolute Gasteiger partial charge is 0.339 e. The van der Waals surface area contributed by atoms with E-state index in [4.69, 9.17) is 23.2 Å². The number of nitrogens with one attached hydrogen (secondary N) is 2. The number of amides is 1. The molecule has 2 N–H and O–H groups in total. The van der Waals surface area contributed by atoms with Crippen LogP contribution in [0.3, 0.4) is 0 Å². The molecule has 2 aromatic rings. The first kappa shape index (κ1) is 16.5. The molecule has 1 aromatic carbocycles. The zero-order valence-electron chi connectivity index (χ0n) is 12.4. The summed E-state index contributed by atoms with van der Waals surface area (Å²) >= 11 is 11.9. The second-order valence-corrected chi connectivity index (χ2v) is 6.66. The molecule has 22 heavy (non-hydrogen) atoms. The Labute approximate surface area is 139 Å². The zero-order chi connectivity index (χ0) is 16.3. The minimum Gasteiger partial charge on any atom is -0.339 e. The van der Waals surface area contributed by atoms with E-state index in [-0.39, 0.29) is 5.91 Å². The number of nitrogens with zero attached hydrogens (tertiary/aromatic N) is 2. The molecular weight excluding hydrogens is 323 g/mol. The molecule has 116 valence electrons. The maximum Gasteiger partial charge on any atom is 0.230 e. The Hall–Kier alpha value is -1.85. The minimum atomic E-state index is -0.490. The smallest absolute Gasteiger partial charge is 0.230 e. The summed E-state index contributed by atoms with van der Waals surface area (Å²) in [7, 11) is 0. The first-order valence-electron chi connectivity index (χ1n) is 6.62. The molecule has 0 radical (unpaired) electrons. The van der Waals surface area contributed by atoms with Gasteiger partial charge in [-0.1, -0.05) is 44.0 Å². The fraction of sp³-hybridized carbons (Fsp3) is 0.267. The van der Waals surface area contributed by atoms with Crippen molar-refractivity contribution >= 4 is 46.4 Å². The first-order valence-corrected chi connectivity index (χ1v) is 7.38. The van der Waals surface area contributed by atoms with Crippen LogP contribution in [0.4, 0.5) is 17.3 Å².